The normalized spacial score (nSPS) is 15.5. The largest absolute Gasteiger partial charge is 0.465 e. The fraction of sp³-hybridized carbons (Fsp3) is 0.320. The molecule has 1 aliphatic rings. The summed E-state index contributed by atoms with van der Waals surface area (Å²) in [4.78, 5) is 50.2. The molecule has 3 aromatic rings. The summed E-state index contributed by atoms with van der Waals surface area (Å²) >= 11 is 0. The Kier molecular flexibility index (Phi) is 7.09. The van der Waals surface area contributed by atoms with E-state index in [4.69, 9.17) is 4.74 Å². The van der Waals surface area contributed by atoms with Gasteiger partial charge in [0.05, 0.1) is 12.6 Å². The van der Waals surface area contributed by atoms with Gasteiger partial charge in [-0.05, 0) is 56.9 Å². The van der Waals surface area contributed by atoms with E-state index in [0.29, 0.717) is 41.4 Å². The molecule has 0 bridgehead atoms. The van der Waals surface area contributed by atoms with Crippen LogP contribution in [0.1, 0.15) is 64.5 Å². The van der Waals surface area contributed by atoms with Crippen molar-refractivity contribution in [3.8, 4) is 11.3 Å². The van der Waals surface area contributed by atoms with Gasteiger partial charge in [-0.3, -0.25) is 9.69 Å². The topological polar surface area (TPSA) is 138 Å². The number of H-pyrrole nitrogens is 1. The number of hydrogen-bond acceptors (Lipinski definition) is 6. The Hall–Kier alpha value is -4.21. The molecule has 1 saturated heterocycles. The van der Waals surface area contributed by atoms with Crippen LogP contribution in [0, 0.1) is 6.92 Å². The van der Waals surface area contributed by atoms with E-state index < -0.39 is 18.1 Å². The number of esters is 1. The maximum Gasteiger partial charge on any atom is 0.407 e. The first kappa shape index (κ1) is 23.9. The Balaban J connectivity index is 1.62. The number of pyridine rings is 1. The summed E-state index contributed by atoms with van der Waals surface area (Å²) in [5.41, 5.74) is 2.50. The van der Waals surface area contributed by atoms with Crippen molar-refractivity contribution in [2.45, 2.75) is 39.2 Å². The van der Waals surface area contributed by atoms with Gasteiger partial charge in [-0.15, -0.1) is 0 Å². The van der Waals surface area contributed by atoms with Crippen LogP contribution in [0.3, 0.4) is 0 Å². The molecule has 182 valence electrons. The van der Waals surface area contributed by atoms with Gasteiger partial charge in [0.25, 0.3) is 5.91 Å². The predicted molar refractivity (Wildman–Crippen MR) is 128 cm³/mol. The van der Waals surface area contributed by atoms with Gasteiger partial charge in [0, 0.05) is 23.9 Å². The fourth-order valence-corrected chi connectivity index (χ4v) is 4.06. The van der Waals surface area contributed by atoms with Crippen molar-refractivity contribution in [3.63, 3.8) is 0 Å². The molecule has 1 aliphatic heterocycles. The molecule has 0 spiro atoms. The number of carbonyl (C=O) groups is 3. The second kappa shape index (κ2) is 10.4. The lowest BCUT2D eigenvalue weighted by molar-refractivity contribution is 0.0520. The van der Waals surface area contributed by atoms with Crippen LogP contribution in [0.25, 0.3) is 11.3 Å². The lowest BCUT2D eigenvalue weighted by Crippen LogP contribution is -2.38. The number of carbonyl (C=O) groups excluding carboxylic acids is 2. The average Bonchev–Trinajstić information content (AvgIpc) is 3.31. The van der Waals surface area contributed by atoms with Crippen LogP contribution >= 0.6 is 0 Å². The molecular weight excluding hydrogens is 450 g/mol. The summed E-state index contributed by atoms with van der Waals surface area (Å²) < 4.78 is 5.19. The van der Waals surface area contributed by atoms with Crippen molar-refractivity contribution in [1.29, 1.82) is 0 Å². The average molecular weight is 478 g/mol. The number of aromatic amines is 1. The van der Waals surface area contributed by atoms with E-state index in [-0.39, 0.29) is 18.2 Å². The molecule has 3 heterocycles. The summed E-state index contributed by atoms with van der Waals surface area (Å²) in [6, 6.07) is 9.75. The Morgan fingerprint density at radius 1 is 1.17 bits per heavy atom. The van der Waals surface area contributed by atoms with Crippen LogP contribution in [0.2, 0.25) is 0 Å². The molecule has 0 radical (unpaired) electrons. The number of imidazole rings is 1. The number of aryl methyl sites for hydroxylation is 1. The zero-order chi connectivity index (χ0) is 24.9. The van der Waals surface area contributed by atoms with Gasteiger partial charge in [-0.1, -0.05) is 18.2 Å². The van der Waals surface area contributed by atoms with Gasteiger partial charge in [-0.2, -0.15) is 0 Å². The third-order valence-electron chi connectivity index (χ3n) is 5.84. The van der Waals surface area contributed by atoms with Crippen LogP contribution in [0.5, 0.6) is 0 Å². The van der Waals surface area contributed by atoms with Crippen LogP contribution in [-0.2, 0) is 4.74 Å². The molecule has 1 atom stereocenters. The Morgan fingerprint density at radius 3 is 2.60 bits per heavy atom. The van der Waals surface area contributed by atoms with Crippen molar-refractivity contribution in [1.82, 2.24) is 19.9 Å². The number of hydrogen-bond donors (Lipinski definition) is 3. The van der Waals surface area contributed by atoms with Crippen LogP contribution in [-0.4, -0.2) is 56.1 Å². The first-order valence-corrected chi connectivity index (χ1v) is 11.5. The monoisotopic (exact) mass is 477 g/mol. The third-order valence-corrected chi connectivity index (χ3v) is 5.84. The molecule has 10 heteroatoms. The Labute approximate surface area is 202 Å². The number of nitrogens with zero attached hydrogens (tertiary/aromatic N) is 3. The predicted octanol–water partition coefficient (Wildman–Crippen LogP) is 4.41. The summed E-state index contributed by atoms with van der Waals surface area (Å²) in [5.74, 6) is -0.0501. The molecule has 2 aromatic heterocycles. The van der Waals surface area contributed by atoms with Crippen LogP contribution in [0.4, 0.5) is 10.6 Å². The standard InChI is InChI=1S/C25H27N5O5/c1-3-35-24(32)21-20(28-22(29-21)18-6-4-5-13-30(18)25(33)34)16-8-10-17(11-9-16)23(31)27-19-12-7-15(2)14-26-19/h7-12,14,18H,3-6,13H2,1-2H3,(H,28,29)(H,33,34)(H,26,27,31). The molecule has 35 heavy (non-hydrogen) atoms. The minimum Gasteiger partial charge on any atom is -0.465 e. The fourth-order valence-electron chi connectivity index (χ4n) is 4.06. The van der Waals surface area contributed by atoms with Crippen molar-refractivity contribution in [2.75, 3.05) is 18.5 Å². The molecule has 2 amide bonds. The molecule has 0 aliphatic carbocycles. The molecule has 10 nitrogen and oxygen atoms in total. The van der Waals surface area contributed by atoms with E-state index in [1.165, 1.54) is 4.90 Å². The van der Waals surface area contributed by atoms with Gasteiger partial charge < -0.3 is 20.1 Å². The zero-order valence-corrected chi connectivity index (χ0v) is 19.6. The highest BCUT2D eigenvalue weighted by Gasteiger charge is 2.32. The van der Waals surface area contributed by atoms with E-state index >= 15 is 0 Å². The number of piperidine rings is 1. The Bertz CT molecular complexity index is 1220. The third kappa shape index (κ3) is 5.32. The van der Waals surface area contributed by atoms with Crippen molar-refractivity contribution < 1.29 is 24.2 Å². The SMILES string of the molecule is CCOC(=O)c1[nH]c(C2CCCCN2C(=O)O)nc1-c1ccc(C(=O)Nc2ccc(C)cn2)cc1. The first-order chi connectivity index (χ1) is 16.9. The van der Waals surface area contributed by atoms with Gasteiger partial charge in [0.1, 0.15) is 17.3 Å². The molecule has 1 fully saturated rings. The lowest BCUT2D eigenvalue weighted by Gasteiger charge is -2.32. The van der Waals surface area contributed by atoms with Gasteiger partial charge in [0.15, 0.2) is 5.69 Å². The van der Waals surface area contributed by atoms with Gasteiger partial charge >= 0.3 is 12.1 Å². The molecule has 0 saturated carbocycles. The lowest BCUT2D eigenvalue weighted by atomic mass is 10.0. The van der Waals surface area contributed by atoms with Crippen LogP contribution in [0.15, 0.2) is 42.6 Å². The van der Waals surface area contributed by atoms with E-state index in [2.05, 4.69) is 20.3 Å². The number of carboxylic acid groups (broad SMARTS) is 1. The van der Waals surface area contributed by atoms with Gasteiger partial charge in [0.2, 0.25) is 0 Å². The van der Waals surface area contributed by atoms with E-state index in [0.717, 1.165) is 18.4 Å². The molecule has 3 N–H and O–H groups in total. The number of anilines is 1. The quantitative estimate of drug-likeness (QED) is 0.447. The maximum absolute atomic E-state index is 12.7. The number of rotatable bonds is 6. The van der Waals surface area contributed by atoms with Crippen molar-refractivity contribution in [3.05, 3.63) is 65.2 Å². The summed E-state index contributed by atoms with van der Waals surface area (Å²) in [5, 5.41) is 12.4. The molecule has 4 rings (SSSR count). The number of likely N-dealkylation sites (tertiary alicyclic amines) is 1. The van der Waals surface area contributed by atoms with E-state index in [1.807, 2.05) is 13.0 Å². The maximum atomic E-state index is 12.7. The first-order valence-electron chi connectivity index (χ1n) is 11.5. The minimum absolute atomic E-state index is 0.152. The van der Waals surface area contributed by atoms with E-state index in [9.17, 15) is 19.5 Å². The van der Waals surface area contributed by atoms with Gasteiger partial charge in [-0.25, -0.2) is 19.6 Å². The Morgan fingerprint density at radius 2 is 1.94 bits per heavy atom. The molecular formula is C25H27N5O5. The van der Waals surface area contributed by atoms with E-state index in [1.54, 1.807) is 43.5 Å². The highest BCUT2D eigenvalue weighted by atomic mass is 16.5. The number of amides is 2. The minimum atomic E-state index is -1.02. The summed E-state index contributed by atoms with van der Waals surface area (Å²) in [7, 11) is 0. The zero-order valence-electron chi connectivity index (χ0n) is 19.6. The molecule has 1 aromatic carbocycles. The number of ether oxygens (including phenoxy) is 1. The molecule has 1 unspecified atom stereocenters. The second-order valence-electron chi connectivity index (χ2n) is 8.31. The number of benzene rings is 1. The van der Waals surface area contributed by atoms with Crippen molar-refractivity contribution in [2.24, 2.45) is 0 Å². The van der Waals surface area contributed by atoms with Crippen LogP contribution < -0.4 is 5.32 Å². The smallest absolute Gasteiger partial charge is 0.407 e. The number of nitrogens with one attached hydrogen (secondary N) is 2. The summed E-state index contributed by atoms with van der Waals surface area (Å²) in [6.07, 6.45) is 2.89. The highest BCUT2D eigenvalue weighted by molar-refractivity contribution is 6.04. The number of aromatic nitrogens is 3. The second-order valence-corrected chi connectivity index (χ2v) is 8.31. The summed E-state index contributed by atoms with van der Waals surface area (Å²) in [6.45, 7) is 4.21. The van der Waals surface area contributed by atoms with Crippen molar-refractivity contribution >= 4 is 23.8 Å². The highest BCUT2D eigenvalue weighted by Crippen LogP contribution is 2.32.